The second-order valence-corrected chi connectivity index (χ2v) is 6.78. The van der Waals surface area contributed by atoms with E-state index in [1.165, 1.54) is 12.8 Å². The number of aromatic nitrogens is 3. The van der Waals surface area contributed by atoms with Gasteiger partial charge in [0.2, 0.25) is 0 Å². The summed E-state index contributed by atoms with van der Waals surface area (Å²) in [4.78, 5) is 4.43. The Morgan fingerprint density at radius 1 is 1.30 bits per heavy atom. The average Bonchev–Trinajstić information content (AvgIpc) is 2.89. The maximum Gasteiger partial charge on any atom is 0.138 e. The minimum atomic E-state index is 0.494. The van der Waals surface area contributed by atoms with Gasteiger partial charge in [0.25, 0.3) is 0 Å². The quantitative estimate of drug-likeness (QED) is 0.681. The molecule has 0 amide bonds. The van der Waals surface area contributed by atoms with Gasteiger partial charge in [-0.25, -0.2) is 4.98 Å². The molecule has 0 aliphatic carbocycles. The molecule has 1 aromatic rings. The van der Waals surface area contributed by atoms with Crippen LogP contribution in [0.4, 0.5) is 0 Å². The molecule has 0 spiro atoms. The summed E-state index contributed by atoms with van der Waals surface area (Å²) in [5, 5.41) is 8.71. The fourth-order valence-electron chi connectivity index (χ4n) is 2.00. The number of hydrogen-bond acceptors (Lipinski definition) is 4. The lowest BCUT2D eigenvalue weighted by molar-refractivity contribution is 0.503. The van der Waals surface area contributed by atoms with E-state index in [-0.39, 0.29) is 0 Å². The highest BCUT2D eigenvalue weighted by Crippen LogP contribution is 2.16. The van der Waals surface area contributed by atoms with Crippen LogP contribution in [0.2, 0.25) is 0 Å². The van der Waals surface area contributed by atoms with Crippen LogP contribution in [0.5, 0.6) is 0 Å². The van der Waals surface area contributed by atoms with Crippen LogP contribution in [0.15, 0.2) is 6.33 Å². The van der Waals surface area contributed by atoms with Gasteiger partial charge in [0.15, 0.2) is 0 Å². The number of hydrogen-bond donors (Lipinski definition) is 1. The lowest BCUT2D eigenvalue weighted by atomic mass is 10.2. The molecule has 4 nitrogen and oxygen atoms in total. The summed E-state index contributed by atoms with van der Waals surface area (Å²) in [6.07, 6.45) is 6.17. The summed E-state index contributed by atoms with van der Waals surface area (Å²) >= 11 is 2.06. The van der Waals surface area contributed by atoms with Gasteiger partial charge in [0.05, 0.1) is 0 Å². The normalized spacial score (nSPS) is 14.4. The van der Waals surface area contributed by atoms with Gasteiger partial charge in [0.1, 0.15) is 12.2 Å². The number of nitrogens with zero attached hydrogens (tertiary/aromatic N) is 3. The van der Waals surface area contributed by atoms with Crippen LogP contribution in [-0.2, 0) is 13.0 Å². The Hall–Kier alpha value is -0.550. The minimum Gasteiger partial charge on any atom is -0.313 e. The standard InChI is InChI=1S/C15H30N4S/c1-5-8-16-14(11-20-13(4)7-3)10-15-17-12-18-19(15)9-6-2/h12-14,16H,5-11H2,1-4H3. The zero-order valence-electron chi connectivity index (χ0n) is 13.4. The van der Waals surface area contributed by atoms with Crippen molar-refractivity contribution in [3.8, 4) is 0 Å². The topological polar surface area (TPSA) is 42.7 Å². The van der Waals surface area contributed by atoms with Gasteiger partial charge < -0.3 is 5.32 Å². The van der Waals surface area contributed by atoms with Crippen LogP contribution in [0.25, 0.3) is 0 Å². The molecule has 1 aromatic heterocycles. The number of aryl methyl sites for hydroxylation is 1. The van der Waals surface area contributed by atoms with E-state index >= 15 is 0 Å². The summed E-state index contributed by atoms with van der Waals surface area (Å²) < 4.78 is 2.05. The first kappa shape index (κ1) is 17.5. The second-order valence-electron chi connectivity index (χ2n) is 5.31. The maximum atomic E-state index is 4.43. The van der Waals surface area contributed by atoms with E-state index < -0.39 is 0 Å². The first-order chi connectivity index (χ1) is 9.71. The van der Waals surface area contributed by atoms with Crippen molar-refractivity contribution in [2.45, 2.75) is 71.2 Å². The smallest absolute Gasteiger partial charge is 0.138 e. The van der Waals surface area contributed by atoms with Crippen molar-refractivity contribution in [1.82, 2.24) is 20.1 Å². The molecule has 0 aromatic carbocycles. The second kappa shape index (κ2) is 10.2. The van der Waals surface area contributed by atoms with Crippen LogP contribution < -0.4 is 5.32 Å². The van der Waals surface area contributed by atoms with Crippen molar-refractivity contribution < 1.29 is 0 Å². The lowest BCUT2D eigenvalue weighted by Gasteiger charge is -2.20. The molecule has 0 bridgehead atoms. The molecule has 1 N–H and O–H groups in total. The molecule has 116 valence electrons. The zero-order valence-corrected chi connectivity index (χ0v) is 14.2. The Kier molecular flexibility index (Phi) is 8.94. The average molecular weight is 299 g/mol. The number of rotatable bonds is 11. The Labute approximate surface area is 128 Å². The summed E-state index contributed by atoms with van der Waals surface area (Å²) in [5.41, 5.74) is 0. The van der Waals surface area contributed by atoms with E-state index in [0.29, 0.717) is 6.04 Å². The van der Waals surface area contributed by atoms with Crippen molar-refractivity contribution in [3.63, 3.8) is 0 Å². The fourth-order valence-corrected chi connectivity index (χ4v) is 3.03. The SMILES string of the molecule is CCCNC(CSC(C)CC)Cc1ncnn1CCC. The van der Waals surface area contributed by atoms with Crippen molar-refractivity contribution >= 4 is 11.8 Å². The summed E-state index contributed by atoms with van der Waals surface area (Å²) in [7, 11) is 0. The van der Waals surface area contributed by atoms with Crippen LogP contribution in [0.3, 0.4) is 0 Å². The van der Waals surface area contributed by atoms with Crippen LogP contribution in [-0.4, -0.2) is 38.4 Å². The Morgan fingerprint density at radius 2 is 2.10 bits per heavy atom. The first-order valence-electron chi connectivity index (χ1n) is 7.92. The summed E-state index contributed by atoms with van der Waals surface area (Å²) in [6, 6.07) is 0.494. The summed E-state index contributed by atoms with van der Waals surface area (Å²) in [6.45, 7) is 11.0. The third-order valence-corrected chi connectivity index (χ3v) is 4.90. The molecule has 0 aliphatic rings. The molecule has 5 heteroatoms. The number of nitrogens with one attached hydrogen (secondary N) is 1. The molecular formula is C15H30N4S. The largest absolute Gasteiger partial charge is 0.313 e. The molecule has 2 atom stereocenters. The fraction of sp³-hybridized carbons (Fsp3) is 0.867. The Bertz CT molecular complexity index is 353. The molecule has 1 heterocycles. The Balaban J connectivity index is 2.55. The third kappa shape index (κ3) is 6.27. The highest BCUT2D eigenvalue weighted by atomic mass is 32.2. The van der Waals surface area contributed by atoms with Crippen molar-refractivity contribution in [3.05, 3.63) is 12.2 Å². The third-order valence-electron chi connectivity index (χ3n) is 3.40. The van der Waals surface area contributed by atoms with E-state index in [4.69, 9.17) is 0 Å². The van der Waals surface area contributed by atoms with E-state index in [2.05, 4.69) is 59.5 Å². The molecule has 0 fully saturated rings. The van der Waals surface area contributed by atoms with Gasteiger partial charge in [-0.3, -0.25) is 4.68 Å². The van der Waals surface area contributed by atoms with Gasteiger partial charge in [-0.15, -0.1) is 0 Å². The molecule has 20 heavy (non-hydrogen) atoms. The predicted molar refractivity (Wildman–Crippen MR) is 88.3 cm³/mol. The van der Waals surface area contributed by atoms with Gasteiger partial charge in [0, 0.05) is 30.0 Å². The van der Waals surface area contributed by atoms with Crippen LogP contribution in [0, 0.1) is 0 Å². The van der Waals surface area contributed by atoms with Gasteiger partial charge in [-0.1, -0.05) is 27.7 Å². The Morgan fingerprint density at radius 3 is 2.75 bits per heavy atom. The summed E-state index contributed by atoms with van der Waals surface area (Å²) in [5.74, 6) is 2.26. The first-order valence-corrected chi connectivity index (χ1v) is 8.97. The minimum absolute atomic E-state index is 0.494. The molecule has 0 saturated carbocycles. The number of thioether (sulfide) groups is 1. The maximum absolute atomic E-state index is 4.43. The van der Waals surface area contributed by atoms with Crippen LogP contribution in [0.1, 0.15) is 52.8 Å². The highest BCUT2D eigenvalue weighted by Gasteiger charge is 2.14. The monoisotopic (exact) mass is 298 g/mol. The zero-order chi connectivity index (χ0) is 14.8. The van der Waals surface area contributed by atoms with Gasteiger partial charge in [-0.2, -0.15) is 16.9 Å². The molecule has 0 aliphatic heterocycles. The molecule has 2 unspecified atom stereocenters. The van der Waals surface area contributed by atoms with E-state index in [1.807, 2.05) is 0 Å². The lowest BCUT2D eigenvalue weighted by Crippen LogP contribution is -2.35. The molecule has 0 radical (unpaired) electrons. The predicted octanol–water partition coefficient (Wildman–Crippen LogP) is 3.13. The molecular weight excluding hydrogens is 268 g/mol. The van der Waals surface area contributed by atoms with Gasteiger partial charge in [-0.05, 0) is 25.8 Å². The van der Waals surface area contributed by atoms with E-state index in [0.717, 1.165) is 42.8 Å². The van der Waals surface area contributed by atoms with Crippen molar-refractivity contribution in [1.29, 1.82) is 0 Å². The van der Waals surface area contributed by atoms with Gasteiger partial charge >= 0.3 is 0 Å². The van der Waals surface area contributed by atoms with Crippen LogP contribution >= 0.6 is 11.8 Å². The van der Waals surface area contributed by atoms with Crippen molar-refractivity contribution in [2.75, 3.05) is 12.3 Å². The van der Waals surface area contributed by atoms with Crippen molar-refractivity contribution in [2.24, 2.45) is 0 Å². The molecule has 0 saturated heterocycles. The highest BCUT2D eigenvalue weighted by molar-refractivity contribution is 7.99. The molecule has 1 rings (SSSR count). The van der Waals surface area contributed by atoms with E-state index in [1.54, 1.807) is 6.33 Å². The van der Waals surface area contributed by atoms with E-state index in [9.17, 15) is 0 Å².